The summed E-state index contributed by atoms with van der Waals surface area (Å²) in [4.78, 5) is 13.5. The van der Waals surface area contributed by atoms with Crippen molar-refractivity contribution in [3.05, 3.63) is 0 Å². The number of ether oxygens (including phenoxy) is 1. The lowest BCUT2D eigenvalue weighted by atomic mass is 9.88. The molecule has 0 aromatic rings. The van der Waals surface area contributed by atoms with Crippen LogP contribution in [0.4, 0.5) is 0 Å². The first-order chi connectivity index (χ1) is 7.09. The van der Waals surface area contributed by atoms with Crippen molar-refractivity contribution in [2.24, 2.45) is 0 Å². The van der Waals surface area contributed by atoms with Crippen LogP contribution in [0.15, 0.2) is 0 Å². The molecule has 1 fully saturated rings. The molecule has 0 spiro atoms. The predicted molar refractivity (Wildman–Crippen MR) is 57.5 cm³/mol. The molecule has 0 unspecified atom stereocenters. The Morgan fingerprint density at radius 3 is 2.47 bits per heavy atom. The zero-order chi connectivity index (χ0) is 11.3. The minimum atomic E-state index is -0.835. The number of piperidine rings is 1. The van der Waals surface area contributed by atoms with Gasteiger partial charge in [0.2, 0.25) is 0 Å². The Kier molecular flexibility index (Phi) is 4.54. The van der Waals surface area contributed by atoms with Crippen LogP contribution in [0.1, 0.15) is 33.1 Å². The van der Waals surface area contributed by atoms with Gasteiger partial charge in [0.15, 0.2) is 0 Å². The van der Waals surface area contributed by atoms with Crippen LogP contribution in [0.5, 0.6) is 0 Å². The number of carbonyl (C=O) groups is 1. The first-order valence-corrected chi connectivity index (χ1v) is 5.70. The van der Waals surface area contributed by atoms with E-state index in [0.717, 1.165) is 19.6 Å². The Morgan fingerprint density at radius 1 is 1.40 bits per heavy atom. The van der Waals surface area contributed by atoms with Crippen LogP contribution in [0.3, 0.4) is 0 Å². The number of hydrogen-bond donors (Lipinski definition) is 1. The zero-order valence-electron chi connectivity index (χ0n) is 9.66. The third-order valence-corrected chi connectivity index (χ3v) is 3.01. The van der Waals surface area contributed by atoms with Gasteiger partial charge in [0.05, 0.1) is 18.6 Å². The van der Waals surface area contributed by atoms with Crippen LogP contribution in [-0.4, -0.2) is 47.8 Å². The molecule has 4 nitrogen and oxygen atoms in total. The molecular weight excluding hydrogens is 194 g/mol. The van der Waals surface area contributed by atoms with E-state index in [4.69, 9.17) is 4.74 Å². The van der Waals surface area contributed by atoms with Gasteiger partial charge in [-0.05, 0) is 26.3 Å². The van der Waals surface area contributed by atoms with Crippen molar-refractivity contribution < 1.29 is 14.6 Å². The van der Waals surface area contributed by atoms with E-state index >= 15 is 0 Å². The van der Waals surface area contributed by atoms with E-state index < -0.39 is 5.60 Å². The van der Waals surface area contributed by atoms with Crippen LogP contribution in [-0.2, 0) is 9.53 Å². The zero-order valence-corrected chi connectivity index (χ0v) is 9.66. The number of aliphatic hydroxyl groups is 1. The fourth-order valence-electron chi connectivity index (χ4n) is 1.94. The van der Waals surface area contributed by atoms with Gasteiger partial charge < -0.3 is 14.7 Å². The van der Waals surface area contributed by atoms with Crippen LogP contribution >= 0.6 is 0 Å². The molecular formula is C11H21NO3. The van der Waals surface area contributed by atoms with Gasteiger partial charge in [-0.1, -0.05) is 6.92 Å². The normalized spacial score (nSPS) is 21.3. The van der Waals surface area contributed by atoms with Crippen molar-refractivity contribution in [2.45, 2.75) is 38.7 Å². The Morgan fingerprint density at radius 2 is 2.00 bits per heavy atom. The minimum Gasteiger partial charge on any atom is -0.466 e. The molecule has 1 N–H and O–H groups in total. The van der Waals surface area contributed by atoms with Gasteiger partial charge in [0, 0.05) is 13.1 Å². The van der Waals surface area contributed by atoms with Crippen LogP contribution in [0, 0.1) is 0 Å². The molecule has 15 heavy (non-hydrogen) atoms. The summed E-state index contributed by atoms with van der Waals surface area (Å²) >= 11 is 0. The molecule has 1 aliphatic heterocycles. The molecule has 1 heterocycles. The summed E-state index contributed by atoms with van der Waals surface area (Å²) in [7, 11) is 0. The van der Waals surface area contributed by atoms with Gasteiger partial charge in [0.25, 0.3) is 0 Å². The van der Waals surface area contributed by atoms with E-state index in [-0.39, 0.29) is 12.4 Å². The molecule has 0 radical (unpaired) electrons. The monoisotopic (exact) mass is 215 g/mol. The summed E-state index contributed by atoms with van der Waals surface area (Å²) in [6.07, 6.45) is 1.47. The highest BCUT2D eigenvalue weighted by molar-refractivity contribution is 5.70. The molecule has 0 aromatic heterocycles. The molecule has 1 saturated heterocycles. The van der Waals surface area contributed by atoms with Gasteiger partial charge in [0.1, 0.15) is 0 Å². The molecule has 88 valence electrons. The Bertz CT molecular complexity index is 210. The maximum absolute atomic E-state index is 11.3. The molecule has 1 rings (SSSR count). The average molecular weight is 215 g/mol. The molecule has 0 saturated carbocycles. The summed E-state index contributed by atoms with van der Waals surface area (Å²) in [5.41, 5.74) is -0.835. The van der Waals surface area contributed by atoms with Crippen LogP contribution < -0.4 is 0 Å². The number of carbonyl (C=O) groups excluding carboxylic acids is 1. The van der Waals surface area contributed by atoms with E-state index in [1.54, 1.807) is 6.92 Å². The van der Waals surface area contributed by atoms with E-state index in [1.165, 1.54) is 0 Å². The second-order valence-electron chi connectivity index (χ2n) is 4.14. The third-order valence-electron chi connectivity index (χ3n) is 3.01. The van der Waals surface area contributed by atoms with Crippen molar-refractivity contribution in [1.29, 1.82) is 0 Å². The number of nitrogens with zero attached hydrogens (tertiary/aromatic N) is 1. The summed E-state index contributed by atoms with van der Waals surface area (Å²) in [5.74, 6) is -0.287. The Labute approximate surface area is 91.2 Å². The van der Waals surface area contributed by atoms with Gasteiger partial charge in [-0.3, -0.25) is 4.79 Å². The molecule has 0 aliphatic carbocycles. The maximum Gasteiger partial charge on any atom is 0.308 e. The Hall–Kier alpha value is -0.610. The standard InChI is InChI=1S/C11H21NO3/c1-3-12-7-5-11(14,6-8-12)9-10(13)15-4-2/h14H,3-9H2,1-2H3. The van der Waals surface area contributed by atoms with Crippen LogP contribution in [0.25, 0.3) is 0 Å². The lowest BCUT2D eigenvalue weighted by Crippen LogP contribution is -2.45. The van der Waals surface area contributed by atoms with Crippen molar-refractivity contribution in [3.8, 4) is 0 Å². The molecule has 0 amide bonds. The highest BCUT2D eigenvalue weighted by Gasteiger charge is 2.34. The quantitative estimate of drug-likeness (QED) is 0.704. The molecule has 4 heteroatoms. The highest BCUT2D eigenvalue weighted by Crippen LogP contribution is 2.25. The lowest BCUT2D eigenvalue weighted by molar-refractivity contribution is -0.150. The molecule has 0 atom stereocenters. The summed E-state index contributed by atoms with van der Waals surface area (Å²) < 4.78 is 4.85. The molecule has 0 bridgehead atoms. The number of likely N-dealkylation sites (tertiary alicyclic amines) is 1. The summed E-state index contributed by atoms with van der Waals surface area (Å²) in [5, 5.41) is 10.2. The fraction of sp³-hybridized carbons (Fsp3) is 0.909. The van der Waals surface area contributed by atoms with E-state index in [0.29, 0.717) is 19.4 Å². The van der Waals surface area contributed by atoms with Crippen LogP contribution in [0.2, 0.25) is 0 Å². The number of hydrogen-bond acceptors (Lipinski definition) is 4. The second-order valence-corrected chi connectivity index (χ2v) is 4.14. The van der Waals surface area contributed by atoms with Gasteiger partial charge in [-0.2, -0.15) is 0 Å². The summed E-state index contributed by atoms with van der Waals surface area (Å²) in [6.45, 7) is 7.02. The highest BCUT2D eigenvalue weighted by atomic mass is 16.5. The fourth-order valence-corrected chi connectivity index (χ4v) is 1.94. The van der Waals surface area contributed by atoms with Crippen molar-refractivity contribution in [3.63, 3.8) is 0 Å². The van der Waals surface area contributed by atoms with Gasteiger partial charge in [-0.25, -0.2) is 0 Å². The molecule has 0 aromatic carbocycles. The van der Waals surface area contributed by atoms with Crippen molar-refractivity contribution in [2.75, 3.05) is 26.2 Å². The first kappa shape index (κ1) is 12.5. The van der Waals surface area contributed by atoms with E-state index in [2.05, 4.69) is 11.8 Å². The lowest BCUT2D eigenvalue weighted by Gasteiger charge is -2.37. The smallest absolute Gasteiger partial charge is 0.308 e. The number of esters is 1. The summed E-state index contributed by atoms with van der Waals surface area (Å²) in [6, 6.07) is 0. The number of rotatable bonds is 4. The second kappa shape index (κ2) is 5.47. The largest absolute Gasteiger partial charge is 0.466 e. The first-order valence-electron chi connectivity index (χ1n) is 5.70. The maximum atomic E-state index is 11.3. The predicted octanol–water partition coefficient (Wildman–Crippen LogP) is 0.786. The van der Waals surface area contributed by atoms with Gasteiger partial charge >= 0.3 is 5.97 Å². The Balaban J connectivity index is 2.37. The minimum absolute atomic E-state index is 0.137. The van der Waals surface area contributed by atoms with Crippen molar-refractivity contribution in [1.82, 2.24) is 4.90 Å². The average Bonchev–Trinajstić information content (AvgIpc) is 2.18. The SMILES string of the molecule is CCOC(=O)CC1(O)CCN(CC)CC1. The van der Waals surface area contributed by atoms with E-state index in [9.17, 15) is 9.90 Å². The topological polar surface area (TPSA) is 49.8 Å². The van der Waals surface area contributed by atoms with E-state index in [1.807, 2.05) is 0 Å². The molecule has 1 aliphatic rings. The third kappa shape index (κ3) is 3.80. The van der Waals surface area contributed by atoms with Crippen molar-refractivity contribution >= 4 is 5.97 Å². The van der Waals surface area contributed by atoms with Gasteiger partial charge in [-0.15, -0.1) is 0 Å².